The molecule has 0 bridgehead atoms. The number of nitrogens with zero attached hydrogens (tertiary/aromatic N) is 2. The lowest BCUT2D eigenvalue weighted by Gasteiger charge is -2.12. The quantitative estimate of drug-likeness (QED) is 0.622. The van der Waals surface area contributed by atoms with Crippen molar-refractivity contribution in [2.45, 2.75) is 46.6 Å². The third-order valence-electron chi connectivity index (χ3n) is 3.20. The van der Waals surface area contributed by atoms with Crippen LogP contribution < -0.4 is 0 Å². The maximum absolute atomic E-state index is 9.98. The summed E-state index contributed by atoms with van der Waals surface area (Å²) in [5.41, 5.74) is 5.14. The molecule has 20 heavy (non-hydrogen) atoms. The van der Waals surface area contributed by atoms with Crippen molar-refractivity contribution in [1.29, 1.82) is 0 Å². The highest BCUT2D eigenvalue weighted by molar-refractivity contribution is 5.68. The van der Waals surface area contributed by atoms with Crippen LogP contribution in [0.15, 0.2) is 35.1 Å². The zero-order chi connectivity index (χ0) is 15.1. The van der Waals surface area contributed by atoms with E-state index in [0.717, 1.165) is 40.8 Å². The van der Waals surface area contributed by atoms with E-state index in [1.807, 2.05) is 33.0 Å². The smallest absolute Gasteiger partial charge is 0.0959 e. The van der Waals surface area contributed by atoms with Gasteiger partial charge in [0.2, 0.25) is 0 Å². The molecule has 1 aromatic heterocycles. The van der Waals surface area contributed by atoms with Crippen LogP contribution in [-0.4, -0.2) is 16.8 Å². The molecule has 0 spiro atoms. The Balaban J connectivity index is 3.04. The van der Waals surface area contributed by atoms with Gasteiger partial charge >= 0.3 is 0 Å². The Kier molecular flexibility index (Phi) is 6.32. The highest BCUT2D eigenvalue weighted by Gasteiger charge is 2.10. The molecule has 1 heterocycles. The van der Waals surface area contributed by atoms with Gasteiger partial charge in [-0.25, -0.2) is 0 Å². The summed E-state index contributed by atoms with van der Waals surface area (Å²) in [6.45, 7) is 11.6. The molecule has 0 fully saturated rings. The molecule has 3 heteroatoms. The van der Waals surface area contributed by atoms with Crippen molar-refractivity contribution < 1.29 is 5.11 Å². The second-order valence-corrected chi connectivity index (χ2v) is 5.11. The minimum Gasteiger partial charge on any atom is -0.387 e. The predicted octanol–water partition coefficient (Wildman–Crippen LogP) is 4.23. The third-order valence-corrected chi connectivity index (χ3v) is 3.20. The molecule has 0 aromatic carbocycles. The van der Waals surface area contributed by atoms with Gasteiger partial charge in [-0.05, 0) is 62.2 Å². The molecule has 0 aliphatic rings. The Morgan fingerprint density at radius 3 is 2.75 bits per heavy atom. The maximum atomic E-state index is 9.98. The average Bonchev–Trinajstić information content (AvgIpc) is 2.38. The molecule has 0 radical (unpaired) electrons. The van der Waals surface area contributed by atoms with E-state index in [9.17, 15) is 5.11 Å². The zero-order valence-electron chi connectivity index (χ0n) is 12.8. The van der Waals surface area contributed by atoms with Gasteiger partial charge in [-0.15, -0.1) is 0 Å². The second kappa shape index (κ2) is 7.75. The van der Waals surface area contributed by atoms with Crippen LogP contribution in [0.4, 0.5) is 0 Å². The number of aliphatic hydroxyl groups excluding tert-OH is 1. The van der Waals surface area contributed by atoms with Gasteiger partial charge in [0.15, 0.2) is 0 Å². The van der Waals surface area contributed by atoms with Gasteiger partial charge in [-0.2, -0.15) is 0 Å². The molecule has 3 nitrogen and oxygen atoms in total. The first-order chi connectivity index (χ1) is 9.49. The molecular formula is C17H24N2O. The minimum absolute atomic E-state index is 0.469. The Labute approximate surface area is 121 Å². The van der Waals surface area contributed by atoms with Gasteiger partial charge in [-0.3, -0.25) is 9.98 Å². The number of aryl methyl sites for hydroxylation is 1. The summed E-state index contributed by atoms with van der Waals surface area (Å²) in [5.74, 6) is 0. The van der Waals surface area contributed by atoms with Gasteiger partial charge in [0, 0.05) is 12.4 Å². The van der Waals surface area contributed by atoms with E-state index in [2.05, 4.69) is 29.7 Å². The number of hydrogen-bond acceptors (Lipinski definition) is 3. The SMILES string of the molecule is C=N/C=C(C)/C=C(\C)c1cnc(C(O)CCC)cc1C. The number of rotatable bonds is 6. The molecule has 1 rings (SSSR count). The van der Waals surface area contributed by atoms with Crippen LogP contribution >= 0.6 is 0 Å². The van der Waals surface area contributed by atoms with Crippen molar-refractivity contribution in [3.63, 3.8) is 0 Å². The van der Waals surface area contributed by atoms with Crippen LogP contribution in [0.5, 0.6) is 0 Å². The number of allylic oxidation sites excluding steroid dienone is 3. The van der Waals surface area contributed by atoms with Crippen molar-refractivity contribution in [2.75, 3.05) is 0 Å². The number of pyridine rings is 1. The summed E-state index contributed by atoms with van der Waals surface area (Å²) >= 11 is 0. The lowest BCUT2D eigenvalue weighted by Crippen LogP contribution is -2.02. The Hall–Kier alpha value is -1.74. The van der Waals surface area contributed by atoms with Crippen molar-refractivity contribution in [1.82, 2.24) is 4.98 Å². The summed E-state index contributed by atoms with van der Waals surface area (Å²) in [4.78, 5) is 8.14. The molecule has 0 saturated heterocycles. The van der Waals surface area contributed by atoms with Crippen molar-refractivity contribution in [3.8, 4) is 0 Å². The lowest BCUT2D eigenvalue weighted by atomic mass is 10.00. The largest absolute Gasteiger partial charge is 0.387 e. The summed E-state index contributed by atoms with van der Waals surface area (Å²) in [5, 5.41) is 9.98. The van der Waals surface area contributed by atoms with E-state index in [1.165, 1.54) is 0 Å². The van der Waals surface area contributed by atoms with Crippen LogP contribution in [0.2, 0.25) is 0 Å². The lowest BCUT2D eigenvalue weighted by molar-refractivity contribution is 0.161. The van der Waals surface area contributed by atoms with Crippen LogP contribution in [0.1, 0.15) is 56.5 Å². The van der Waals surface area contributed by atoms with Crippen molar-refractivity contribution >= 4 is 12.3 Å². The summed E-state index contributed by atoms with van der Waals surface area (Å²) in [7, 11) is 0. The highest BCUT2D eigenvalue weighted by Crippen LogP contribution is 2.23. The Bertz CT molecular complexity index is 530. The van der Waals surface area contributed by atoms with E-state index >= 15 is 0 Å². The summed E-state index contributed by atoms with van der Waals surface area (Å²) < 4.78 is 0. The topological polar surface area (TPSA) is 45.5 Å². The van der Waals surface area contributed by atoms with Crippen molar-refractivity contribution in [2.24, 2.45) is 4.99 Å². The first-order valence-electron chi connectivity index (χ1n) is 6.95. The fraction of sp³-hybridized carbons (Fsp3) is 0.412. The second-order valence-electron chi connectivity index (χ2n) is 5.11. The van der Waals surface area contributed by atoms with Gasteiger partial charge < -0.3 is 5.11 Å². The fourth-order valence-electron chi connectivity index (χ4n) is 2.19. The standard InChI is InChI=1S/C17H24N2O/c1-6-7-17(20)16-9-14(4)15(11-19-16)13(3)8-12(2)10-18-5/h8-11,17,20H,5-7H2,1-4H3/b12-10+,13-8+. The molecule has 1 atom stereocenters. The molecule has 0 aliphatic heterocycles. The normalized spacial score (nSPS) is 14.2. The molecule has 1 unspecified atom stereocenters. The number of aliphatic imine (C=N–C) groups is 1. The summed E-state index contributed by atoms with van der Waals surface area (Å²) in [6.07, 6.45) is 6.84. The van der Waals surface area contributed by atoms with Gasteiger partial charge in [0.1, 0.15) is 0 Å². The molecular weight excluding hydrogens is 248 g/mol. The number of aromatic nitrogens is 1. The monoisotopic (exact) mass is 272 g/mol. The van der Waals surface area contributed by atoms with E-state index in [0.29, 0.717) is 0 Å². The first-order valence-corrected chi connectivity index (χ1v) is 6.95. The molecule has 1 aromatic rings. The predicted molar refractivity (Wildman–Crippen MR) is 85.8 cm³/mol. The van der Waals surface area contributed by atoms with E-state index in [1.54, 1.807) is 6.20 Å². The van der Waals surface area contributed by atoms with E-state index < -0.39 is 6.10 Å². The van der Waals surface area contributed by atoms with Crippen LogP contribution in [-0.2, 0) is 0 Å². The Morgan fingerprint density at radius 1 is 1.50 bits per heavy atom. The first kappa shape index (κ1) is 16.3. The fourth-order valence-corrected chi connectivity index (χ4v) is 2.19. The van der Waals surface area contributed by atoms with Crippen LogP contribution in [0, 0.1) is 6.92 Å². The molecule has 108 valence electrons. The van der Waals surface area contributed by atoms with Gasteiger partial charge in [0.05, 0.1) is 11.8 Å². The molecule has 1 N–H and O–H groups in total. The minimum atomic E-state index is -0.469. The Morgan fingerprint density at radius 2 is 2.20 bits per heavy atom. The molecule has 0 amide bonds. The van der Waals surface area contributed by atoms with Crippen LogP contribution in [0.3, 0.4) is 0 Å². The summed E-state index contributed by atoms with van der Waals surface area (Å²) in [6, 6.07) is 1.97. The van der Waals surface area contributed by atoms with Gasteiger partial charge in [-0.1, -0.05) is 19.4 Å². The number of hydrogen-bond donors (Lipinski definition) is 1. The van der Waals surface area contributed by atoms with Crippen molar-refractivity contribution in [3.05, 3.63) is 46.9 Å². The van der Waals surface area contributed by atoms with Crippen LogP contribution in [0.25, 0.3) is 5.57 Å². The third kappa shape index (κ3) is 4.42. The number of aliphatic hydroxyl groups is 1. The van der Waals surface area contributed by atoms with Gasteiger partial charge in [0.25, 0.3) is 0 Å². The maximum Gasteiger partial charge on any atom is 0.0959 e. The zero-order valence-corrected chi connectivity index (χ0v) is 12.8. The molecule has 0 saturated carbocycles. The molecule has 0 aliphatic carbocycles. The van der Waals surface area contributed by atoms with E-state index in [4.69, 9.17) is 0 Å². The highest BCUT2D eigenvalue weighted by atomic mass is 16.3. The van der Waals surface area contributed by atoms with E-state index in [-0.39, 0.29) is 0 Å². The average molecular weight is 272 g/mol.